The maximum atomic E-state index is 11.7. The summed E-state index contributed by atoms with van der Waals surface area (Å²) in [5, 5.41) is 8.39. The third-order valence-electron chi connectivity index (χ3n) is 2.97. The first kappa shape index (κ1) is 15.9. The molecule has 0 aliphatic heterocycles. The number of amides is 2. The SMILES string of the molecule is C/C(=N/NC(=O)CNC(=O)c1cccs1)c1ccc(C)cc1. The second kappa shape index (κ2) is 7.51. The number of aryl methyl sites for hydroxylation is 1. The van der Waals surface area contributed by atoms with Gasteiger partial charge in [-0.25, -0.2) is 5.43 Å². The van der Waals surface area contributed by atoms with Crippen LogP contribution in [0.15, 0.2) is 46.9 Å². The third-order valence-corrected chi connectivity index (χ3v) is 3.84. The summed E-state index contributed by atoms with van der Waals surface area (Å²) in [5.41, 5.74) is 5.24. The van der Waals surface area contributed by atoms with Crippen LogP contribution in [0.5, 0.6) is 0 Å². The van der Waals surface area contributed by atoms with E-state index < -0.39 is 0 Å². The molecule has 22 heavy (non-hydrogen) atoms. The van der Waals surface area contributed by atoms with Gasteiger partial charge in [-0.05, 0) is 30.9 Å². The summed E-state index contributed by atoms with van der Waals surface area (Å²) >= 11 is 1.33. The Balaban J connectivity index is 1.83. The molecule has 0 aliphatic rings. The summed E-state index contributed by atoms with van der Waals surface area (Å²) in [6, 6.07) is 11.3. The molecule has 2 rings (SSSR count). The highest BCUT2D eigenvalue weighted by molar-refractivity contribution is 7.12. The molecular formula is C16H17N3O2S. The number of carbonyl (C=O) groups excluding carboxylic acids is 2. The lowest BCUT2D eigenvalue weighted by Crippen LogP contribution is -2.34. The molecule has 0 fully saturated rings. The third kappa shape index (κ3) is 4.53. The first-order valence-corrected chi connectivity index (χ1v) is 7.66. The molecule has 0 unspecified atom stereocenters. The highest BCUT2D eigenvalue weighted by atomic mass is 32.1. The second-order valence-electron chi connectivity index (χ2n) is 4.76. The highest BCUT2D eigenvalue weighted by Gasteiger charge is 2.08. The van der Waals surface area contributed by atoms with Crippen LogP contribution in [-0.2, 0) is 4.79 Å². The Hall–Kier alpha value is -2.47. The predicted molar refractivity (Wildman–Crippen MR) is 88.2 cm³/mol. The van der Waals surface area contributed by atoms with Crippen molar-refractivity contribution in [2.45, 2.75) is 13.8 Å². The molecule has 6 heteroatoms. The lowest BCUT2D eigenvalue weighted by Gasteiger charge is -2.04. The van der Waals surface area contributed by atoms with E-state index in [9.17, 15) is 9.59 Å². The van der Waals surface area contributed by atoms with Gasteiger partial charge in [0.25, 0.3) is 11.8 Å². The Morgan fingerprint density at radius 1 is 1.18 bits per heavy atom. The highest BCUT2D eigenvalue weighted by Crippen LogP contribution is 2.07. The maximum Gasteiger partial charge on any atom is 0.261 e. The van der Waals surface area contributed by atoms with Crippen molar-refractivity contribution in [2.24, 2.45) is 5.10 Å². The summed E-state index contributed by atoms with van der Waals surface area (Å²) in [5.74, 6) is -0.624. The molecule has 0 radical (unpaired) electrons. The summed E-state index contributed by atoms with van der Waals surface area (Å²) in [6.45, 7) is 3.71. The summed E-state index contributed by atoms with van der Waals surface area (Å²) in [6.07, 6.45) is 0. The Morgan fingerprint density at radius 2 is 1.91 bits per heavy atom. The van der Waals surface area contributed by atoms with Crippen molar-refractivity contribution in [1.29, 1.82) is 0 Å². The fourth-order valence-corrected chi connectivity index (χ4v) is 2.34. The standard InChI is InChI=1S/C16H17N3O2S/c1-11-5-7-13(8-6-11)12(2)18-19-15(20)10-17-16(21)14-4-3-9-22-14/h3-9H,10H2,1-2H3,(H,17,21)(H,19,20)/b18-12-. The van der Waals surface area contributed by atoms with E-state index in [4.69, 9.17) is 0 Å². The van der Waals surface area contributed by atoms with Gasteiger partial charge in [-0.15, -0.1) is 11.3 Å². The van der Waals surface area contributed by atoms with Crippen LogP contribution in [0.3, 0.4) is 0 Å². The number of rotatable bonds is 5. The minimum atomic E-state index is -0.364. The predicted octanol–water partition coefficient (Wildman–Crippen LogP) is 2.33. The van der Waals surface area contributed by atoms with E-state index in [0.717, 1.165) is 11.1 Å². The van der Waals surface area contributed by atoms with E-state index >= 15 is 0 Å². The number of benzene rings is 1. The molecule has 114 valence electrons. The molecule has 2 amide bonds. The van der Waals surface area contributed by atoms with Crippen molar-refractivity contribution < 1.29 is 9.59 Å². The fraction of sp³-hybridized carbons (Fsp3) is 0.188. The first-order valence-electron chi connectivity index (χ1n) is 6.78. The van der Waals surface area contributed by atoms with Crippen molar-refractivity contribution >= 4 is 28.9 Å². The van der Waals surface area contributed by atoms with E-state index in [0.29, 0.717) is 10.6 Å². The van der Waals surface area contributed by atoms with Gasteiger partial charge >= 0.3 is 0 Å². The van der Waals surface area contributed by atoms with Crippen molar-refractivity contribution in [3.63, 3.8) is 0 Å². The largest absolute Gasteiger partial charge is 0.342 e. The zero-order chi connectivity index (χ0) is 15.9. The quantitative estimate of drug-likeness (QED) is 0.656. The molecule has 0 bridgehead atoms. The molecule has 0 aliphatic carbocycles. The monoisotopic (exact) mass is 315 g/mol. The molecule has 2 aromatic rings. The maximum absolute atomic E-state index is 11.7. The van der Waals surface area contributed by atoms with E-state index in [1.165, 1.54) is 11.3 Å². The van der Waals surface area contributed by atoms with Crippen LogP contribution in [0.1, 0.15) is 27.7 Å². The van der Waals surface area contributed by atoms with Crippen LogP contribution >= 0.6 is 11.3 Å². The minimum absolute atomic E-state index is 0.110. The number of nitrogens with one attached hydrogen (secondary N) is 2. The molecule has 0 saturated carbocycles. The molecule has 1 aromatic carbocycles. The average molecular weight is 315 g/mol. The number of hydrogen-bond donors (Lipinski definition) is 2. The number of carbonyl (C=O) groups is 2. The molecule has 0 saturated heterocycles. The van der Waals surface area contributed by atoms with E-state index in [-0.39, 0.29) is 18.4 Å². The second-order valence-corrected chi connectivity index (χ2v) is 5.71. The molecular weight excluding hydrogens is 298 g/mol. The first-order chi connectivity index (χ1) is 10.6. The van der Waals surface area contributed by atoms with Crippen molar-refractivity contribution in [2.75, 3.05) is 6.54 Å². The van der Waals surface area contributed by atoms with Crippen LogP contribution in [0, 0.1) is 6.92 Å². The van der Waals surface area contributed by atoms with Gasteiger partial charge in [0.15, 0.2) is 0 Å². The summed E-state index contributed by atoms with van der Waals surface area (Å²) in [7, 11) is 0. The summed E-state index contributed by atoms with van der Waals surface area (Å²) < 4.78 is 0. The van der Waals surface area contributed by atoms with E-state index in [1.807, 2.05) is 43.5 Å². The topological polar surface area (TPSA) is 70.6 Å². The van der Waals surface area contributed by atoms with Crippen molar-refractivity contribution in [3.8, 4) is 0 Å². The molecule has 0 spiro atoms. The van der Waals surface area contributed by atoms with Crippen LogP contribution in [0.25, 0.3) is 0 Å². The van der Waals surface area contributed by atoms with Crippen LogP contribution in [0.2, 0.25) is 0 Å². The van der Waals surface area contributed by atoms with Crippen molar-refractivity contribution in [3.05, 3.63) is 57.8 Å². The van der Waals surface area contributed by atoms with Crippen LogP contribution < -0.4 is 10.7 Å². The molecule has 2 N–H and O–H groups in total. The molecule has 1 heterocycles. The smallest absolute Gasteiger partial charge is 0.261 e. The lowest BCUT2D eigenvalue weighted by molar-refractivity contribution is -0.120. The van der Waals surface area contributed by atoms with Gasteiger partial charge in [-0.3, -0.25) is 9.59 Å². The Bertz CT molecular complexity index is 676. The van der Waals surface area contributed by atoms with Gasteiger partial charge < -0.3 is 5.32 Å². The Labute approximate surface area is 133 Å². The van der Waals surface area contributed by atoms with Gasteiger partial charge in [0.05, 0.1) is 17.1 Å². The minimum Gasteiger partial charge on any atom is -0.342 e. The normalized spacial score (nSPS) is 11.1. The zero-order valence-electron chi connectivity index (χ0n) is 12.4. The molecule has 5 nitrogen and oxygen atoms in total. The number of hydrogen-bond acceptors (Lipinski definition) is 4. The molecule has 0 atom stereocenters. The average Bonchev–Trinajstić information content (AvgIpc) is 3.05. The van der Waals surface area contributed by atoms with Crippen molar-refractivity contribution in [1.82, 2.24) is 10.7 Å². The lowest BCUT2D eigenvalue weighted by atomic mass is 10.1. The number of nitrogens with zero attached hydrogens (tertiary/aromatic N) is 1. The van der Waals surface area contributed by atoms with Gasteiger partial charge in [0.2, 0.25) is 0 Å². The Kier molecular flexibility index (Phi) is 5.43. The number of hydrazone groups is 1. The zero-order valence-corrected chi connectivity index (χ0v) is 13.2. The molecule has 1 aromatic heterocycles. The van der Waals surface area contributed by atoms with E-state index in [1.54, 1.807) is 12.1 Å². The number of thiophene rings is 1. The van der Waals surface area contributed by atoms with Crippen LogP contribution in [0.4, 0.5) is 0 Å². The Morgan fingerprint density at radius 3 is 2.55 bits per heavy atom. The van der Waals surface area contributed by atoms with Crippen LogP contribution in [-0.4, -0.2) is 24.1 Å². The van der Waals surface area contributed by atoms with Gasteiger partial charge in [0.1, 0.15) is 0 Å². The fourth-order valence-electron chi connectivity index (χ4n) is 1.70. The van der Waals surface area contributed by atoms with Gasteiger partial charge in [-0.2, -0.15) is 5.10 Å². The summed E-state index contributed by atoms with van der Waals surface area (Å²) in [4.78, 5) is 23.9. The van der Waals surface area contributed by atoms with Gasteiger partial charge in [-0.1, -0.05) is 35.9 Å². The van der Waals surface area contributed by atoms with E-state index in [2.05, 4.69) is 15.8 Å². The van der Waals surface area contributed by atoms with Gasteiger partial charge in [0, 0.05) is 0 Å².